The maximum Gasteiger partial charge on any atom is 0.0985 e. The molecule has 0 radical (unpaired) electrons. The third-order valence-electron chi connectivity index (χ3n) is 5.40. The van der Waals surface area contributed by atoms with E-state index in [1.165, 1.54) is 11.3 Å². The number of aryl methyl sites for hydroxylation is 2. The average molecular weight is 342 g/mol. The molecule has 0 unspecified atom stereocenters. The van der Waals surface area contributed by atoms with Crippen LogP contribution in [0, 0.1) is 12.8 Å². The maximum atomic E-state index is 6.14. The number of likely N-dealkylation sites (tertiary alicyclic amines) is 1. The Bertz CT molecular complexity index is 709. The summed E-state index contributed by atoms with van der Waals surface area (Å²) < 4.78 is 14.1. The third kappa shape index (κ3) is 3.47. The van der Waals surface area contributed by atoms with Crippen molar-refractivity contribution in [1.82, 2.24) is 19.7 Å². The molecule has 6 nitrogen and oxygen atoms in total. The molecule has 4 rings (SSSR count). The van der Waals surface area contributed by atoms with Crippen molar-refractivity contribution in [3.63, 3.8) is 0 Å². The Morgan fingerprint density at radius 2 is 2.12 bits per heavy atom. The first kappa shape index (κ1) is 16.7. The Labute approximate surface area is 148 Å². The molecule has 0 bridgehead atoms. The lowest BCUT2D eigenvalue weighted by Crippen LogP contribution is -2.64. The zero-order chi connectivity index (χ0) is 17.3. The van der Waals surface area contributed by atoms with Crippen molar-refractivity contribution in [1.29, 1.82) is 0 Å². The van der Waals surface area contributed by atoms with Gasteiger partial charge in [-0.05, 0) is 37.1 Å². The molecule has 0 saturated carbocycles. The molecule has 0 aromatic carbocycles. The Hall–Kier alpha value is -1.76. The van der Waals surface area contributed by atoms with Crippen molar-refractivity contribution in [2.24, 2.45) is 13.0 Å². The van der Waals surface area contributed by atoms with E-state index >= 15 is 0 Å². The predicted octanol–water partition coefficient (Wildman–Crippen LogP) is 1.93. The fraction of sp³-hybridized carbons (Fsp3) is 0.579. The number of hydrogen-bond acceptors (Lipinski definition) is 5. The van der Waals surface area contributed by atoms with Crippen LogP contribution in [0.3, 0.4) is 0 Å². The van der Waals surface area contributed by atoms with Crippen LogP contribution in [0.1, 0.15) is 23.4 Å². The van der Waals surface area contributed by atoms with Crippen LogP contribution >= 0.6 is 0 Å². The molecule has 0 N–H and O–H groups in total. The molecule has 2 fully saturated rings. The molecule has 2 aliphatic rings. The Morgan fingerprint density at radius 3 is 2.84 bits per heavy atom. The van der Waals surface area contributed by atoms with Gasteiger partial charge in [-0.15, -0.1) is 0 Å². The highest BCUT2D eigenvalue weighted by Crippen LogP contribution is 2.40. The van der Waals surface area contributed by atoms with Crippen molar-refractivity contribution in [3.8, 4) is 0 Å². The van der Waals surface area contributed by atoms with E-state index in [4.69, 9.17) is 9.47 Å². The second-order valence-electron chi connectivity index (χ2n) is 7.32. The maximum absolute atomic E-state index is 6.14. The Balaban J connectivity index is 1.28. The molecule has 0 amide bonds. The molecule has 25 heavy (non-hydrogen) atoms. The standard InChI is InChI=1S/C19H26N4O2/c1-15-9-18(22(2)21-15)10-23-13-19(14-23)17(5-8-25-19)12-24-11-16-3-6-20-7-4-16/h3-4,6-7,9,17H,5,8,10-14H2,1-2H3/t17-/m1/s1. The van der Waals surface area contributed by atoms with Gasteiger partial charge in [0.15, 0.2) is 0 Å². The first-order chi connectivity index (χ1) is 12.1. The van der Waals surface area contributed by atoms with E-state index in [9.17, 15) is 0 Å². The molecular formula is C19H26N4O2. The van der Waals surface area contributed by atoms with E-state index in [-0.39, 0.29) is 5.60 Å². The molecule has 2 aliphatic heterocycles. The molecule has 134 valence electrons. The zero-order valence-electron chi connectivity index (χ0n) is 15.0. The summed E-state index contributed by atoms with van der Waals surface area (Å²) in [7, 11) is 2.01. The first-order valence-electron chi connectivity index (χ1n) is 8.97. The minimum absolute atomic E-state index is 0.00805. The monoisotopic (exact) mass is 342 g/mol. The van der Waals surface area contributed by atoms with E-state index in [0.717, 1.165) is 45.0 Å². The minimum Gasteiger partial charge on any atom is -0.376 e. The first-order valence-corrected chi connectivity index (χ1v) is 8.97. The van der Waals surface area contributed by atoms with Crippen LogP contribution in [0.2, 0.25) is 0 Å². The molecular weight excluding hydrogens is 316 g/mol. The van der Waals surface area contributed by atoms with Crippen molar-refractivity contribution >= 4 is 0 Å². The van der Waals surface area contributed by atoms with E-state index in [1.54, 1.807) is 0 Å². The number of nitrogens with zero attached hydrogens (tertiary/aromatic N) is 4. The van der Waals surface area contributed by atoms with E-state index in [2.05, 4.69) is 21.0 Å². The van der Waals surface area contributed by atoms with E-state index in [0.29, 0.717) is 12.5 Å². The van der Waals surface area contributed by atoms with Gasteiger partial charge < -0.3 is 9.47 Å². The van der Waals surface area contributed by atoms with Crippen LogP contribution in [-0.4, -0.2) is 51.6 Å². The summed E-state index contributed by atoms with van der Waals surface area (Å²) in [5, 5.41) is 4.43. The van der Waals surface area contributed by atoms with Gasteiger partial charge in [0.05, 0.1) is 30.2 Å². The van der Waals surface area contributed by atoms with Crippen LogP contribution in [0.15, 0.2) is 30.6 Å². The summed E-state index contributed by atoms with van der Waals surface area (Å²) in [6.07, 6.45) is 4.71. The van der Waals surface area contributed by atoms with Gasteiger partial charge in [-0.25, -0.2) is 0 Å². The minimum atomic E-state index is -0.00805. The summed E-state index contributed by atoms with van der Waals surface area (Å²) in [6, 6.07) is 6.17. The van der Waals surface area contributed by atoms with Gasteiger partial charge >= 0.3 is 0 Å². The average Bonchev–Trinajstić information content (AvgIpc) is 3.12. The Morgan fingerprint density at radius 1 is 1.32 bits per heavy atom. The van der Waals surface area contributed by atoms with Gasteiger partial charge in [0.1, 0.15) is 0 Å². The molecule has 2 aromatic heterocycles. The number of pyridine rings is 1. The molecule has 4 heterocycles. The second-order valence-corrected chi connectivity index (χ2v) is 7.32. The topological polar surface area (TPSA) is 52.4 Å². The smallest absolute Gasteiger partial charge is 0.0985 e. The summed E-state index contributed by atoms with van der Waals surface area (Å²) in [4.78, 5) is 6.48. The van der Waals surface area contributed by atoms with Gasteiger partial charge in [0, 0.05) is 51.6 Å². The van der Waals surface area contributed by atoms with Gasteiger partial charge in [-0.3, -0.25) is 14.6 Å². The zero-order valence-corrected chi connectivity index (χ0v) is 15.0. The highest BCUT2D eigenvalue weighted by Gasteiger charge is 2.52. The van der Waals surface area contributed by atoms with E-state index < -0.39 is 0 Å². The molecule has 1 spiro atoms. The van der Waals surface area contributed by atoms with Gasteiger partial charge in [-0.2, -0.15) is 5.10 Å². The Kier molecular flexibility index (Phi) is 4.58. The number of rotatable bonds is 6. The molecule has 0 aliphatic carbocycles. The van der Waals surface area contributed by atoms with Gasteiger partial charge in [-0.1, -0.05) is 0 Å². The van der Waals surface area contributed by atoms with Crippen LogP contribution in [0.25, 0.3) is 0 Å². The summed E-state index contributed by atoms with van der Waals surface area (Å²) in [6.45, 7) is 7.21. The third-order valence-corrected chi connectivity index (χ3v) is 5.40. The van der Waals surface area contributed by atoms with Crippen molar-refractivity contribution in [2.75, 3.05) is 26.3 Å². The number of hydrogen-bond donors (Lipinski definition) is 0. The molecule has 2 saturated heterocycles. The van der Waals surface area contributed by atoms with Crippen LogP contribution in [0.5, 0.6) is 0 Å². The normalized spacial score (nSPS) is 22.4. The van der Waals surface area contributed by atoms with Gasteiger partial charge in [0.2, 0.25) is 0 Å². The molecule has 6 heteroatoms. The summed E-state index contributed by atoms with van der Waals surface area (Å²) in [5.41, 5.74) is 3.50. The predicted molar refractivity (Wildman–Crippen MR) is 93.9 cm³/mol. The fourth-order valence-corrected chi connectivity index (χ4v) is 4.03. The lowest BCUT2D eigenvalue weighted by atomic mass is 9.81. The highest BCUT2D eigenvalue weighted by molar-refractivity contribution is 5.12. The number of aromatic nitrogens is 3. The van der Waals surface area contributed by atoms with Crippen LogP contribution < -0.4 is 0 Å². The van der Waals surface area contributed by atoms with Crippen molar-refractivity contribution in [2.45, 2.75) is 32.1 Å². The van der Waals surface area contributed by atoms with Crippen molar-refractivity contribution in [3.05, 3.63) is 47.5 Å². The van der Waals surface area contributed by atoms with E-state index in [1.807, 2.05) is 43.2 Å². The quantitative estimate of drug-likeness (QED) is 0.803. The lowest BCUT2D eigenvalue weighted by Gasteiger charge is -2.50. The largest absolute Gasteiger partial charge is 0.376 e. The summed E-state index contributed by atoms with van der Waals surface area (Å²) in [5.74, 6) is 0.485. The lowest BCUT2D eigenvalue weighted by molar-refractivity contribution is -0.147. The number of ether oxygens (including phenoxy) is 2. The highest BCUT2D eigenvalue weighted by atomic mass is 16.5. The molecule has 2 aromatic rings. The summed E-state index contributed by atoms with van der Waals surface area (Å²) >= 11 is 0. The second kappa shape index (κ2) is 6.86. The van der Waals surface area contributed by atoms with Crippen LogP contribution in [-0.2, 0) is 29.7 Å². The molecule has 1 atom stereocenters. The van der Waals surface area contributed by atoms with Crippen molar-refractivity contribution < 1.29 is 9.47 Å². The fourth-order valence-electron chi connectivity index (χ4n) is 4.03. The SMILES string of the molecule is Cc1cc(CN2CC3(C2)OCC[C@@H]3COCc2ccncc2)n(C)n1. The van der Waals surface area contributed by atoms with Crippen LogP contribution in [0.4, 0.5) is 0 Å². The van der Waals surface area contributed by atoms with Gasteiger partial charge in [0.25, 0.3) is 0 Å².